The van der Waals surface area contributed by atoms with E-state index in [-0.39, 0.29) is 18.3 Å². The van der Waals surface area contributed by atoms with Crippen molar-refractivity contribution in [1.82, 2.24) is 5.43 Å². The number of phenols is 1. The first-order valence-electron chi connectivity index (χ1n) is 7.07. The summed E-state index contributed by atoms with van der Waals surface area (Å²) >= 11 is 4.08. The maximum atomic E-state index is 11.8. The van der Waals surface area contributed by atoms with Gasteiger partial charge in [-0.3, -0.25) is 4.79 Å². The van der Waals surface area contributed by atoms with Gasteiger partial charge in [0.25, 0.3) is 5.91 Å². The molecule has 2 N–H and O–H groups in total. The lowest BCUT2D eigenvalue weighted by molar-refractivity contribution is -0.123. The Morgan fingerprint density at radius 2 is 1.92 bits per heavy atom. The van der Waals surface area contributed by atoms with E-state index in [0.29, 0.717) is 5.75 Å². The van der Waals surface area contributed by atoms with Crippen molar-refractivity contribution in [2.75, 3.05) is 6.61 Å². The van der Waals surface area contributed by atoms with Gasteiger partial charge in [-0.15, -0.1) is 0 Å². The SMILES string of the molecule is Cc1ccc(OCC(=O)N/N=C\c2cc(I)c(O)c(I)c2)c(C)c1. The van der Waals surface area contributed by atoms with Crippen molar-refractivity contribution in [3.63, 3.8) is 0 Å². The molecule has 0 aliphatic heterocycles. The zero-order valence-electron chi connectivity index (χ0n) is 13.1. The topological polar surface area (TPSA) is 70.9 Å². The normalized spacial score (nSPS) is 10.8. The minimum Gasteiger partial charge on any atom is -0.506 e. The summed E-state index contributed by atoms with van der Waals surface area (Å²) in [7, 11) is 0. The quantitative estimate of drug-likeness (QED) is 0.339. The molecule has 0 unspecified atom stereocenters. The van der Waals surface area contributed by atoms with E-state index in [9.17, 15) is 9.90 Å². The molecule has 7 heteroatoms. The highest BCUT2D eigenvalue weighted by Crippen LogP contribution is 2.26. The number of amides is 1. The zero-order valence-corrected chi connectivity index (χ0v) is 17.5. The first kappa shape index (κ1) is 19.0. The van der Waals surface area contributed by atoms with Crippen LogP contribution in [0, 0.1) is 21.0 Å². The highest BCUT2D eigenvalue weighted by molar-refractivity contribution is 14.1. The van der Waals surface area contributed by atoms with Gasteiger partial charge in [0.1, 0.15) is 11.5 Å². The average molecular weight is 550 g/mol. The van der Waals surface area contributed by atoms with Crippen LogP contribution >= 0.6 is 45.2 Å². The van der Waals surface area contributed by atoms with E-state index >= 15 is 0 Å². The molecule has 0 aliphatic rings. The van der Waals surface area contributed by atoms with Gasteiger partial charge < -0.3 is 9.84 Å². The number of benzene rings is 2. The molecule has 0 aliphatic carbocycles. The number of phenolic OH excluding ortho intramolecular Hbond substituents is 1. The summed E-state index contributed by atoms with van der Waals surface area (Å²) in [5.41, 5.74) is 5.34. The van der Waals surface area contributed by atoms with Gasteiger partial charge in [0.05, 0.1) is 13.4 Å². The Bertz CT molecular complexity index is 768. The van der Waals surface area contributed by atoms with Gasteiger partial charge in [-0.1, -0.05) is 17.7 Å². The molecular formula is C17H16I2N2O3. The third-order valence-electron chi connectivity index (χ3n) is 3.13. The van der Waals surface area contributed by atoms with Gasteiger partial charge in [0.15, 0.2) is 6.61 Å². The number of rotatable bonds is 5. The number of hydrogen-bond acceptors (Lipinski definition) is 4. The van der Waals surface area contributed by atoms with Crippen LogP contribution in [0.15, 0.2) is 35.4 Å². The van der Waals surface area contributed by atoms with Crippen molar-refractivity contribution in [2.24, 2.45) is 5.10 Å². The minimum atomic E-state index is -0.339. The molecule has 0 aromatic heterocycles. The predicted molar refractivity (Wildman–Crippen MR) is 111 cm³/mol. The molecule has 0 bridgehead atoms. The lowest BCUT2D eigenvalue weighted by Gasteiger charge is -2.08. The van der Waals surface area contributed by atoms with E-state index in [1.165, 1.54) is 6.21 Å². The molecule has 0 radical (unpaired) electrons. The van der Waals surface area contributed by atoms with Crippen LogP contribution in [0.4, 0.5) is 0 Å². The largest absolute Gasteiger partial charge is 0.506 e. The first-order chi connectivity index (χ1) is 11.4. The molecule has 0 atom stereocenters. The first-order valence-corrected chi connectivity index (χ1v) is 9.22. The number of nitrogens with zero attached hydrogens (tertiary/aromatic N) is 1. The fourth-order valence-electron chi connectivity index (χ4n) is 1.98. The summed E-state index contributed by atoms with van der Waals surface area (Å²) in [5.74, 6) is 0.594. The monoisotopic (exact) mass is 550 g/mol. The number of hydrazone groups is 1. The van der Waals surface area contributed by atoms with Gasteiger partial charge in [-0.05, 0) is 88.4 Å². The third-order valence-corrected chi connectivity index (χ3v) is 4.78. The van der Waals surface area contributed by atoms with E-state index in [2.05, 4.69) is 10.5 Å². The molecule has 0 spiro atoms. The standard InChI is InChI=1S/C17H16I2N2O3/c1-10-3-4-15(11(2)5-10)24-9-16(22)21-20-8-12-6-13(18)17(23)14(19)7-12/h3-8,23H,9H2,1-2H3,(H,21,22)/b20-8-. The summed E-state index contributed by atoms with van der Waals surface area (Å²) in [4.78, 5) is 11.8. The van der Waals surface area contributed by atoms with Crippen molar-refractivity contribution in [1.29, 1.82) is 0 Å². The molecule has 5 nitrogen and oxygen atoms in total. The van der Waals surface area contributed by atoms with Crippen molar-refractivity contribution in [3.8, 4) is 11.5 Å². The second-order valence-corrected chi connectivity index (χ2v) is 7.51. The predicted octanol–water partition coefficient (Wildman–Crippen LogP) is 3.75. The van der Waals surface area contributed by atoms with Gasteiger partial charge in [-0.25, -0.2) is 5.43 Å². The van der Waals surface area contributed by atoms with Crippen LogP contribution in [0.3, 0.4) is 0 Å². The number of aryl methyl sites for hydroxylation is 2. The van der Waals surface area contributed by atoms with E-state index in [1.54, 1.807) is 12.1 Å². The fourth-order valence-corrected chi connectivity index (χ4v) is 3.79. The Balaban J connectivity index is 1.89. The smallest absolute Gasteiger partial charge is 0.277 e. The fraction of sp³-hybridized carbons (Fsp3) is 0.176. The van der Waals surface area contributed by atoms with Crippen LogP contribution in [-0.4, -0.2) is 23.8 Å². The maximum Gasteiger partial charge on any atom is 0.277 e. The number of carbonyl (C=O) groups is 1. The molecule has 0 fully saturated rings. The van der Waals surface area contributed by atoms with Crippen molar-refractivity contribution in [3.05, 3.63) is 54.2 Å². The van der Waals surface area contributed by atoms with Crippen LogP contribution in [0.2, 0.25) is 0 Å². The van der Waals surface area contributed by atoms with Gasteiger partial charge in [0.2, 0.25) is 0 Å². The number of nitrogens with one attached hydrogen (secondary N) is 1. The van der Waals surface area contributed by atoms with Gasteiger partial charge >= 0.3 is 0 Å². The molecular weight excluding hydrogens is 534 g/mol. The maximum absolute atomic E-state index is 11.8. The lowest BCUT2D eigenvalue weighted by atomic mass is 10.1. The molecule has 0 heterocycles. The van der Waals surface area contributed by atoms with Crippen LogP contribution < -0.4 is 10.2 Å². The van der Waals surface area contributed by atoms with E-state index in [4.69, 9.17) is 4.74 Å². The number of aromatic hydroxyl groups is 1. The molecule has 24 heavy (non-hydrogen) atoms. The Kier molecular flexibility index (Phi) is 6.84. The average Bonchev–Trinajstić information content (AvgIpc) is 2.51. The number of hydrogen-bond donors (Lipinski definition) is 2. The van der Waals surface area contributed by atoms with E-state index in [1.807, 2.05) is 77.2 Å². The van der Waals surface area contributed by atoms with Crippen molar-refractivity contribution < 1.29 is 14.6 Å². The van der Waals surface area contributed by atoms with Gasteiger partial charge in [0, 0.05) is 0 Å². The molecule has 2 aromatic rings. The number of halogens is 2. The highest BCUT2D eigenvalue weighted by Gasteiger charge is 2.06. The number of ether oxygens (including phenoxy) is 1. The Hall–Kier alpha value is -1.36. The molecule has 1 amide bonds. The van der Waals surface area contributed by atoms with Crippen LogP contribution in [0.25, 0.3) is 0 Å². The Morgan fingerprint density at radius 1 is 1.25 bits per heavy atom. The van der Waals surface area contributed by atoms with Crippen molar-refractivity contribution >= 4 is 57.3 Å². The number of carbonyl (C=O) groups excluding carboxylic acids is 1. The summed E-state index contributed by atoms with van der Waals surface area (Å²) in [6.07, 6.45) is 1.53. The second kappa shape index (κ2) is 8.65. The second-order valence-electron chi connectivity index (χ2n) is 5.18. The molecule has 126 valence electrons. The molecule has 2 rings (SSSR count). The summed E-state index contributed by atoms with van der Waals surface area (Å²) in [6, 6.07) is 9.34. The van der Waals surface area contributed by atoms with E-state index < -0.39 is 0 Å². The van der Waals surface area contributed by atoms with Gasteiger partial charge in [-0.2, -0.15) is 5.10 Å². The van der Waals surface area contributed by atoms with E-state index in [0.717, 1.165) is 23.8 Å². The third kappa shape index (κ3) is 5.33. The lowest BCUT2D eigenvalue weighted by Crippen LogP contribution is -2.24. The zero-order chi connectivity index (χ0) is 17.7. The van der Waals surface area contributed by atoms with Crippen molar-refractivity contribution in [2.45, 2.75) is 13.8 Å². The molecule has 0 saturated carbocycles. The summed E-state index contributed by atoms with van der Waals surface area (Å²) < 4.78 is 6.94. The highest BCUT2D eigenvalue weighted by atomic mass is 127. The van der Waals surface area contributed by atoms with Crippen LogP contribution in [-0.2, 0) is 4.79 Å². The van der Waals surface area contributed by atoms with Crippen LogP contribution in [0.5, 0.6) is 11.5 Å². The molecule has 0 saturated heterocycles. The Labute approximate surface area is 167 Å². The Morgan fingerprint density at radius 3 is 2.54 bits per heavy atom. The van der Waals surface area contributed by atoms with Crippen LogP contribution in [0.1, 0.15) is 16.7 Å². The minimum absolute atomic E-state index is 0.105. The summed E-state index contributed by atoms with van der Waals surface area (Å²) in [6.45, 7) is 3.84. The summed E-state index contributed by atoms with van der Waals surface area (Å²) in [5, 5.41) is 13.6. The molecule has 2 aromatic carbocycles.